The first-order chi connectivity index (χ1) is 7.50. The van der Waals surface area contributed by atoms with Crippen molar-refractivity contribution >= 4 is 36.8 Å². The second-order valence-electron chi connectivity index (χ2n) is 3.72. The number of carbonyl (C=O) groups is 3. The standard InChI is InChI=1S/C12H10O3Se/c1-7(13)12(8(2)14)11(15)9-5-3-4-6-10(9)16-12/h3-6H,1-2H3. The van der Waals surface area contributed by atoms with Crippen LogP contribution in [0.4, 0.5) is 0 Å². The third kappa shape index (κ3) is 1.30. The third-order valence-corrected chi connectivity index (χ3v) is 6.15. The van der Waals surface area contributed by atoms with Crippen LogP contribution in [-0.2, 0) is 9.59 Å². The van der Waals surface area contributed by atoms with Gasteiger partial charge in [0.1, 0.15) is 0 Å². The molecule has 0 bridgehead atoms. The van der Waals surface area contributed by atoms with Gasteiger partial charge >= 0.3 is 99.1 Å². The van der Waals surface area contributed by atoms with Crippen LogP contribution >= 0.6 is 0 Å². The van der Waals surface area contributed by atoms with Crippen molar-refractivity contribution in [2.45, 2.75) is 18.2 Å². The topological polar surface area (TPSA) is 51.2 Å². The molecule has 82 valence electrons. The van der Waals surface area contributed by atoms with Crippen LogP contribution < -0.4 is 4.46 Å². The zero-order chi connectivity index (χ0) is 11.9. The SMILES string of the molecule is CC(=O)C1(C(C)=O)[Se]c2ccccc2C1=O. The van der Waals surface area contributed by atoms with E-state index < -0.39 is 19.3 Å². The monoisotopic (exact) mass is 282 g/mol. The molecular weight excluding hydrogens is 271 g/mol. The van der Waals surface area contributed by atoms with Crippen molar-refractivity contribution in [1.29, 1.82) is 0 Å². The van der Waals surface area contributed by atoms with Gasteiger partial charge in [0.2, 0.25) is 0 Å². The summed E-state index contributed by atoms with van der Waals surface area (Å²) in [6, 6.07) is 7.08. The number of hydrogen-bond acceptors (Lipinski definition) is 3. The average molecular weight is 281 g/mol. The second-order valence-corrected chi connectivity index (χ2v) is 6.36. The Morgan fingerprint density at radius 2 is 1.69 bits per heavy atom. The number of benzene rings is 1. The number of Topliss-reactive ketones (excluding diaryl/α,β-unsaturated/α-hetero) is 3. The van der Waals surface area contributed by atoms with Gasteiger partial charge in [-0.2, -0.15) is 0 Å². The fourth-order valence-corrected chi connectivity index (χ4v) is 4.45. The van der Waals surface area contributed by atoms with E-state index >= 15 is 0 Å². The van der Waals surface area contributed by atoms with Crippen molar-refractivity contribution in [2.75, 3.05) is 0 Å². The van der Waals surface area contributed by atoms with Gasteiger partial charge in [-0.15, -0.1) is 0 Å². The molecule has 0 aliphatic carbocycles. The van der Waals surface area contributed by atoms with Crippen molar-refractivity contribution in [3.8, 4) is 0 Å². The molecular formula is C12H10O3Se. The average Bonchev–Trinajstić information content (AvgIpc) is 2.54. The van der Waals surface area contributed by atoms with Crippen molar-refractivity contribution in [3.63, 3.8) is 0 Å². The van der Waals surface area contributed by atoms with Gasteiger partial charge in [0.25, 0.3) is 0 Å². The van der Waals surface area contributed by atoms with E-state index in [1.54, 1.807) is 12.1 Å². The van der Waals surface area contributed by atoms with Crippen LogP contribution in [0.15, 0.2) is 24.3 Å². The molecule has 1 heterocycles. The fourth-order valence-electron chi connectivity index (χ4n) is 1.86. The van der Waals surface area contributed by atoms with Crippen molar-refractivity contribution in [2.24, 2.45) is 0 Å². The van der Waals surface area contributed by atoms with Crippen LogP contribution in [-0.4, -0.2) is 32.3 Å². The Labute approximate surface area is 99.4 Å². The van der Waals surface area contributed by atoms with E-state index in [1.807, 2.05) is 12.1 Å². The summed E-state index contributed by atoms with van der Waals surface area (Å²) in [6.07, 6.45) is 0. The van der Waals surface area contributed by atoms with Gasteiger partial charge in [-0.05, 0) is 0 Å². The molecule has 1 aromatic carbocycles. The van der Waals surface area contributed by atoms with Crippen molar-refractivity contribution < 1.29 is 14.4 Å². The van der Waals surface area contributed by atoms with Gasteiger partial charge in [0, 0.05) is 0 Å². The molecule has 2 rings (SSSR count). The summed E-state index contributed by atoms with van der Waals surface area (Å²) in [5.41, 5.74) is 0.535. The number of carbonyl (C=O) groups excluding carboxylic acids is 3. The van der Waals surface area contributed by atoms with Gasteiger partial charge < -0.3 is 0 Å². The van der Waals surface area contributed by atoms with Crippen LogP contribution in [0, 0.1) is 0 Å². The second kappa shape index (κ2) is 3.65. The number of hydrogen-bond donors (Lipinski definition) is 0. The van der Waals surface area contributed by atoms with Crippen LogP contribution in [0.25, 0.3) is 0 Å². The van der Waals surface area contributed by atoms with E-state index in [2.05, 4.69) is 0 Å². The Hall–Kier alpha value is -1.25. The van der Waals surface area contributed by atoms with E-state index in [0.717, 1.165) is 4.46 Å². The molecule has 0 spiro atoms. The van der Waals surface area contributed by atoms with Gasteiger partial charge in [-0.3, -0.25) is 0 Å². The summed E-state index contributed by atoms with van der Waals surface area (Å²) in [7, 11) is 0. The molecule has 3 nitrogen and oxygen atoms in total. The Morgan fingerprint density at radius 3 is 2.19 bits per heavy atom. The van der Waals surface area contributed by atoms with E-state index in [-0.39, 0.29) is 17.3 Å². The summed E-state index contributed by atoms with van der Waals surface area (Å²) < 4.78 is -0.540. The summed E-state index contributed by atoms with van der Waals surface area (Å²) >= 11 is -0.418. The molecule has 0 atom stereocenters. The maximum absolute atomic E-state index is 12.2. The summed E-state index contributed by atoms with van der Waals surface area (Å²) in [5.74, 6) is -0.981. The quantitative estimate of drug-likeness (QED) is 0.587. The van der Waals surface area contributed by atoms with E-state index in [0.29, 0.717) is 5.56 Å². The zero-order valence-electron chi connectivity index (χ0n) is 8.94. The van der Waals surface area contributed by atoms with Gasteiger partial charge in [-0.25, -0.2) is 0 Å². The summed E-state index contributed by atoms with van der Waals surface area (Å²) in [5, 5.41) is 0. The number of ketones is 3. The number of fused-ring (bicyclic) bond motifs is 1. The van der Waals surface area contributed by atoms with Crippen molar-refractivity contribution in [1.82, 2.24) is 0 Å². The first-order valence-corrected chi connectivity index (χ1v) is 6.56. The Kier molecular flexibility index (Phi) is 2.56. The van der Waals surface area contributed by atoms with E-state index in [4.69, 9.17) is 0 Å². The predicted molar refractivity (Wildman–Crippen MR) is 60.2 cm³/mol. The van der Waals surface area contributed by atoms with Crippen molar-refractivity contribution in [3.05, 3.63) is 29.8 Å². The molecule has 0 aromatic heterocycles. The molecule has 0 amide bonds. The maximum atomic E-state index is 12.2. The molecule has 0 unspecified atom stereocenters. The van der Waals surface area contributed by atoms with E-state index in [9.17, 15) is 14.4 Å². The molecule has 0 saturated carbocycles. The molecule has 1 aromatic rings. The first kappa shape index (κ1) is 11.2. The van der Waals surface area contributed by atoms with Crippen LogP contribution in [0.2, 0.25) is 4.31 Å². The Bertz CT molecular complexity index is 491. The molecule has 0 fully saturated rings. The Morgan fingerprint density at radius 1 is 1.12 bits per heavy atom. The molecule has 1 aliphatic rings. The minimum atomic E-state index is -1.39. The van der Waals surface area contributed by atoms with Gasteiger partial charge in [0.05, 0.1) is 0 Å². The van der Waals surface area contributed by atoms with Gasteiger partial charge in [0.15, 0.2) is 0 Å². The molecule has 1 aliphatic heterocycles. The van der Waals surface area contributed by atoms with E-state index in [1.165, 1.54) is 13.8 Å². The number of rotatable bonds is 2. The zero-order valence-corrected chi connectivity index (χ0v) is 10.7. The van der Waals surface area contributed by atoms with Crippen LogP contribution in [0.5, 0.6) is 0 Å². The molecule has 16 heavy (non-hydrogen) atoms. The normalized spacial score (nSPS) is 17.0. The summed E-state index contributed by atoms with van der Waals surface area (Å²) in [6.45, 7) is 2.65. The molecule has 0 radical (unpaired) electrons. The Balaban J connectivity index is 2.62. The summed E-state index contributed by atoms with van der Waals surface area (Å²) in [4.78, 5) is 35.5. The van der Waals surface area contributed by atoms with Gasteiger partial charge in [-0.1, -0.05) is 0 Å². The fraction of sp³-hybridized carbons (Fsp3) is 0.250. The molecule has 0 saturated heterocycles. The van der Waals surface area contributed by atoms with Crippen LogP contribution in [0.1, 0.15) is 24.2 Å². The minimum absolute atomic E-state index is 0.317. The first-order valence-electron chi connectivity index (χ1n) is 4.85. The molecule has 0 N–H and O–H groups in total. The van der Waals surface area contributed by atoms with Crippen LogP contribution in [0.3, 0.4) is 0 Å². The third-order valence-electron chi connectivity index (χ3n) is 2.71. The predicted octanol–water partition coefficient (Wildman–Crippen LogP) is 0.549. The molecule has 4 heteroatoms.